The standard InChI is InChI=1S/C28H26ClN3O2S/c1-3-25-26(20-12-14-22(29)15-13-20)32-28(35-25)30-23-11-7-10-21(17-23)27(34)31-24(18(2)33)16-19-8-5-4-6-9-19/h4-15,17,24H,3,16H2,1-2H3,(H,30,32)(H,31,34)/t24-/m0/s1. The van der Waals surface area contributed by atoms with Gasteiger partial charge in [0.1, 0.15) is 0 Å². The van der Waals surface area contributed by atoms with Gasteiger partial charge in [-0.3, -0.25) is 9.59 Å². The lowest BCUT2D eigenvalue weighted by atomic mass is 10.0. The third-order valence-corrected chi connectivity index (χ3v) is 6.96. The van der Waals surface area contributed by atoms with E-state index in [1.54, 1.807) is 23.5 Å². The average Bonchev–Trinajstić information content (AvgIpc) is 3.27. The third kappa shape index (κ3) is 6.35. The van der Waals surface area contributed by atoms with Crippen LogP contribution in [0.4, 0.5) is 10.8 Å². The third-order valence-electron chi connectivity index (χ3n) is 5.59. The summed E-state index contributed by atoms with van der Waals surface area (Å²) in [6, 6.07) is 23.9. The van der Waals surface area contributed by atoms with Gasteiger partial charge in [0.25, 0.3) is 5.91 Å². The van der Waals surface area contributed by atoms with Crippen LogP contribution in [-0.2, 0) is 17.6 Å². The number of nitrogens with one attached hydrogen (secondary N) is 2. The second-order valence-electron chi connectivity index (χ2n) is 8.18. The Bertz CT molecular complexity index is 1320. The Balaban J connectivity index is 1.49. The fraction of sp³-hybridized carbons (Fsp3) is 0.179. The first-order valence-electron chi connectivity index (χ1n) is 11.4. The highest BCUT2D eigenvalue weighted by Crippen LogP contribution is 2.33. The summed E-state index contributed by atoms with van der Waals surface area (Å²) in [7, 11) is 0. The fourth-order valence-electron chi connectivity index (χ4n) is 3.73. The Morgan fingerprint density at radius 2 is 1.74 bits per heavy atom. The van der Waals surface area contributed by atoms with Crippen LogP contribution in [0.1, 0.15) is 34.6 Å². The minimum absolute atomic E-state index is 0.0823. The van der Waals surface area contributed by atoms with Crippen molar-refractivity contribution in [3.63, 3.8) is 0 Å². The van der Waals surface area contributed by atoms with Crippen LogP contribution in [0, 0.1) is 0 Å². The summed E-state index contributed by atoms with van der Waals surface area (Å²) in [5, 5.41) is 7.64. The van der Waals surface area contributed by atoms with Crippen molar-refractivity contribution in [3.05, 3.63) is 99.9 Å². The molecule has 0 saturated carbocycles. The topological polar surface area (TPSA) is 71.1 Å². The number of Topliss-reactive ketones (excluding diaryl/α,β-unsaturated/α-hetero) is 1. The van der Waals surface area contributed by atoms with Crippen LogP contribution in [0.2, 0.25) is 5.02 Å². The number of hydrogen-bond acceptors (Lipinski definition) is 5. The largest absolute Gasteiger partial charge is 0.342 e. The van der Waals surface area contributed by atoms with Gasteiger partial charge in [0, 0.05) is 26.7 Å². The van der Waals surface area contributed by atoms with Gasteiger partial charge in [-0.05, 0) is 55.7 Å². The number of benzene rings is 3. The Hall–Kier alpha value is -3.48. The highest BCUT2D eigenvalue weighted by Gasteiger charge is 2.19. The lowest BCUT2D eigenvalue weighted by Crippen LogP contribution is -2.41. The van der Waals surface area contributed by atoms with E-state index in [-0.39, 0.29) is 11.7 Å². The van der Waals surface area contributed by atoms with Crippen LogP contribution >= 0.6 is 22.9 Å². The maximum atomic E-state index is 13.0. The van der Waals surface area contributed by atoms with Crippen LogP contribution < -0.4 is 10.6 Å². The molecule has 178 valence electrons. The smallest absolute Gasteiger partial charge is 0.251 e. The van der Waals surface area contributed by atoms with Crippen LogP contribution in [0.15, 0.2) is 78.9 Å². The highest BCUT2D eigenvalue weighted by molar-refractivity contribution is 7.16. The molecule has 1 aromatic heterocycles. The molecule has 35 heavy (non-hydrogen) atoms. The summed E-state index contributed by atoms with van der Waals surface area (Å²) in [4.78, 5) is 31.1. The summed E-state index contributed by atoms with van der Waals surface area (Å²) >= 11 is 7.62. The molecule has 0 unspecified atom stereocenters. The van der Waals surface area contributed by atoms with Crippen molar-refractivity contribution in [2.75, 3.05) is 5.32 Å². The van der Waals surface area contributed by atoms with E-state index in [1.807, 2.05) is 66.7 Å². The summed E-state index contributed by atoms with van der Waals surface area (Å²) in [5.41, 5.74) is 4.15. The molecule has 0 radical (unpaired) electrons. The van der Waals surface area contributed by atoms with E-state index in [0.29, 0.717) is 17.0 Å². The number of nitrogens with zero attached hydrogens (tertiary/aromatic N) is 1. The Morgan fingerprint density at radius 1 is 1.00 bits per heavy atom. The summed E-state index contributed by atoms with van der Waals surface area (Å²) in [6.07, 6.45) is 1.31. The molecule has 1 atom stereocenters. The van der Waals surface area contributed by atoms with E-state index in [1.165, 1.54) is 6.92 Å². The number of anilines is 2. The zero-order chi connectivity index (χ0) is 24.8. The van der Waals surface area contributed by atoms with E-state index < -0.39 is 6.04 Å². The maximum Gasteiger partial charge on any atom is 0.251 e. The molecule has 1 amide bonds. The van der Waals surface area contributed by atoms with Gasteiger partial charge in [-0.2, -0.15) is 0 Å². The first-order valence-corrected chi connectivity index (χ1v) is 12.6. The first-order chi connectivity index (χ1) is 16.9. The van der Waals surface area contributed by atoms with Crippen molar-refractivity contribution in [1.82, 2.24) is 10.3 Å². The molecule has 3 aromatic carbocycles. The van der Waals surface area contributed by atoms with E-state index in [4.69, 9.17) is 16.6 Å². The van der Waals surface area contributed by atoms with Crippen molar-refractivity contribution in [1.29, 1.82) is 0 Å². The zero-order valence-corrected chi connectivity index (χ0v) is 21.1. The monoisotopic (exact) mass is 503 g/mol. The number of aryl methyl sites for hydroxylation is 1. The van der Waals surface area contributed by atoms with Gasteiger partial charge in [0.2, 0.25) is 0 Å². The van der Waals surface area contributed by atoms with Gasteiger partial charge >= 0.3 is 0 Å². The molecule has 4 aromatic rings. The molecule has 0 saturated heterocycles. The second-order valence-corrected chi connectivity index (χ2v) is 9.70. The van der Waals surface area contributed by atoms with E-state index >= 15 is 0 Å². The number of ketones is 1. The Labute approximate surface area is 214 Å². The molecule has 0 aliphatic carbocycles. The highest BCUT2D eigenvalue weighted by atomic mass is 35.5. The SMILES string of the molecule is CCc1sc(Nc2cccc(C(=O)N[C@@H](Cc3ccccc3)C(C)=O)c2)nc1-c1ccc(Cl)cc1. The van der Waals surface area contributed by atoms with Crippen molar-refractivity contribution in [2.24, 2.45) is 0 Å². The molecule has 0 aliphatic rings. The van der Waals surface area contributed by atoms with Gasteiger partial charge in [-0.1, -0.05) is 67.1 Å². The lowest BCUT2D eigenvalue weighted by Gasteiger charge is -2.16. The molecule has 0 aliphatic heterocycles. The molecule has 0 fully saturated rings. The zero-order valence-electron chi connectivity index (χ0n) is 19.5. The van der Waals surface area contributed by atoms with Crippen LogP contribution in [-0.4, -0.2) is 22.7 Å². The molecule has 0 spiro atoms. The number of halogens is 1. The van der Waals surface area contributed by atoms with Crippen LogP contribution in [0.5, 0.6) is 0 Å². The van der Waals surface area contributed by atoms with Crippen molar-refractivity contribution < 1.29 is 9.59 Å². The van der Waals surface area contributed by atoms with Crippen molar-refractivity contribution in [3.8, 4) is 11.3 Å². The quantitative estimate of drug-likeness (QED) is 0.266. The number of carbonyl (C=O) groups excluding carboxylic acids is 2. The normalized spacial score (nSPS) is 11.6. The predicted molar refractivity (Wildman–Crippen MR) is 144 cm³/mol. The summed E-state index contributed by atoms with van der Waals surface area (Å²) < 4.78 is 0. The molecule has 4 rings (SSSR count). The maximum absolute atomic E-state index is 13.0. The molecule has 0 bridgehead atoms. The van der Waals surface area contributed by atoms with Gasteiger partial charge < -0.3 is 10.6 Å². The molecule has 2 N–H and O–H groups in total. The minimum atomic E-state index is -0.588. The number of aromatic nitrogens is 1. The number of rotatable bonds is 9. The molecule has 5 nitrogen and oxygen atoms in total. The van der Waals surface area contributed by atoms with Gasteiger partial charge in [0.15, 0.2) is 10.9 Å². The van der Waals surface area contributed by atoms with E-state index in [2.05, 4.69) is 17.6 Å². The minimum Gasteiger partial charge on any atom is -0.342 e. The van der Waals surface area contributed by atoms with Crippen LogP contribution in [0.3, 0.4) is 0 Å². The van der Waals surface area contributed by atoms with Crippen LogP contribution in [0.25, 0.3) is 11.3 Å². The summed E-state index contributed by atoms with van der Waals surface area (Å²) in [6.45, 7) is 3.60. The molecular formula is C28H26ClN3O2S. The van der Waals surface area contributed by atoms with Gasteiger partial charge in [-0.15, -0.1) is 11.3 Å². The predicted octanol–water partition coefficient (Wildman–Crippen LogP) is 6.70. The Morgan fingerprint density at radius 3 is 2.43 bits per heavy atom. The number of hydrogen-bond donors (Lipinski definition) is 2. The van der Waals surface area contributed by atoms with E-state index in [0.717, 1.165) is 38.9 Å². The average molecular weight is 504 g/mol. The number of amides is 1. The summed E-state index contributed by atoms with van der Waals surface area (Å²) in [5.74, 6) is -0.374. The molecular weight excluding hydrogens is 478 g/mol. The lowest BCUT2D eigenvalue weighted by molar-refractivity contribution is -0.118. The Kier molecular flexibility index (Phi) is 7.95. The molecule has 7 heteroatoms. The van der Waals surface area contributed by atoms with Crippen molar-refractivity contribution >= 4 is 45.4 Å². The fourth-order valence-corrected chi connectivity index (χ4v) is 4.80. The van der Waals surface area contributed by atoms with Gasteiger partial charge in [-0.25, -0.2) is 4.98 Å². The van der Waals surface area contributed by atoms with E-state index in [9.17, 15) is 9.59 Å². The first kappa shape index (κ1) is 24.6. The second kappa shape index (κ2) is 11.3. The number of thiazole rings is 1. The number of carbonyl (C=O) groups is 2. The van der Waals surface area contributed by atoms with Crippen molar-refractivity contribution in [2.45, 2.75) is 32.7 Å². The van der Waals surface area contributed by atoms with Gasteiger partial charge in [0.05, 0.1) is 11.7 Å². The molecule has 1 heterocycles.